The number of halogens is 1. The molecule has 0 amide bonds. The minimum atomic E-state index is -0.859. The van der Waals surface area contributed by atoms with Crippen molar-refractivity contribution in [1.82, 2.24) is 10.2 Å². The van der Waals surface area contributed by atoms with Gasteiger partial charge in [0.15, 0.2) is 5.82 Å². The Morgan fingerprint density at radius 1 is 1.14 bits per heavy atom. The molecular formula is C17H20ClN3O. The van der Waals surface area contributed by atoms with Crippen LogP contribution in [0.4, 0.5) is 5.82 Å². The second-order valence-electron chi connectivity index (χ2n) is 5.97. The van der Waals surface area contributed by atoms with Crippen molar-refractivity contribution in [2.45, 2.75) is 32.3 Å². The van der Waals surface area contributed by atoms with Gasteiger partial charge in [0.05, 0.1) is 11.3 Å². The topological polar surface area (TPSA) is 49.2 Å². The Hall–Kier alpha value is -1.65. The summed E-state index contributed by atoms with van der Waals surface area (Å²) in [4.78, 5) is 2.17. The fourth-order valence-corrected chi connectivity index (χ4v) is 3.21. The number of hydrogen-bond donors (Lipinski definition) is 1. The van der Waals surface area contributed by atoms with Gasteiger partial charge in [-0.3, -0.25) is 0 Å². The van der Waals surface area contributed by atoms with Crippen LogP contribution in [0, 0.1) is 13.8 Å². The highest BCUT2D eigenvalue weighted by Crippen LogP contribution is 2.37. The zero-order valence-corrected chi connectivity index (χ0v) is 13.6. The number of hydrogen-bond acceptors (Lipinski definition) is 4. The van der Waals surface area contributed by atoms with Crippen LogP contribution < -0.4 is 4.90 Å². The highest BCUT2D eigenvalue weighted by molar-refractivity contribution is 6.31. The van der Waals surface area contributed by atoms with E-state index in [1.54, 1.807) is 0 Å². The van der Waals surface area contributed by atoms with Gasteiger partial charge in [0, 0.05) is 23.7 Å². The van der Waals surface area contributed by atoms with E-state index in [4.69, 9.17) is 11.6 Å². The first-order chi connectivity index (χ1) is 10.5. The van der Waals surface area contributed by atoms with Crippen LogP contribution in [-0.2, 0) is 5.60 Å². The van der Waals surface area contributed by atoms with E-state index >= 15 is 0 Å². The molecule has 1 fully saturated rings. The lowest BCUT2D eigenvalue weighted by molar-refractivity contribution is 0.0117. The van der Waals surface area contributed by atoms with E-state index in [1.165, 1.54) is 0 Å². The summed E-state index contributed by atoms with van der Waals surface area (Å²) in [7, 11) is 0. The molecule has 2 heterocycles. The number of rotatable bonds is 2. The van der Waals surface area contributed by atoms with Crippen LogP contribution in [0.2, 0.25) is 5.02 Å². The van der Waals surface area contributed by atoms with E-state index in [0.717, 1.165) is 35.7 Å². The third kappa shape index (κ3) is 2.81. The summed E-state index contributed by atoms with van der Waals surface area (Å²) in [6, 6.07) is 9.60. The van der Waals surface area contributed by atoms with Gasteiger partial charge in [-0.15, -0.1) is 5.10 Å². The second-order valence-corrected chi connectivity index (χ2v) is 6.38. The van der Waals surface area contributed by atoms with Crippen LogP contribution >= 0.6 is 11.6 Å². The van der Waals surface area contributed by atoms with Crippen molar-refractivity contribution in [1.29, 1.82) is 0 Å². The maximum absolute atomic E-state index is 10.9. The van der Waals surface area contributed by atoms with Crippen molar-refractivity contribution in [3.8, 4) is 0 Å². The van der Waals surface area contributed by atoms with E-state index in [2.05, 4.69) is 21.2 Å². The van der Waals surface area contributed by atoms with Gasteiger partial charge in [0.1, 0.15) is 0 Å². The summed E-state index contributed by atoms with van der Waals surface area (Å²) >= 11 is 6.24. The molecule has 1 aromatic heterocycles. The first-order valence-corrected chi connectivity index (χ1v) is 7.91. The van der Waals surface area contributed by atoms with Crippen LogP contribution in [0.15, 0.2) is 30.3 Å². The fourth-order valence-electron chi connectivity index (χ4n) is 2.90. The zero-order chi connectivity index (χ0) is 15.7. The number of anilines is 1. The van der Waals surface area contributed by atoms with E-state index in [1.807, 2.05) is 38.1 Å². The fraction of sp³-hybridized carbons (Fsp3) is 0.412. The molecule has 0 atom stereocenters. The number of benzene rings is 1. The summed E-state index contributed by atoms with van der Waals surface area (Å²) in [6.45, 7) is 5.47. The molecule has 0 spiro atoms. The molecule has 2 aromatic rings. The van der Waals surface area contributed by atoms with Crippen molar-refractivity contribution >= 4 is 17.4 Å². The Morgan fingerprint density at radius 3 is 2.45 bits per heavy atom. The molecule has 1 N–H and O–H groups in total. The Morgan fingerprint density at radius 2 is 1.82 bits per heavy atom. The molecule has 0 radical (unpaired) electrons. The van der Waals surface area contributed by atoms with Gasteiger partial charge >= 0.3 is 0 Å². The summed E-state index contributed by atoms with van der Waals surface area (Å²) in [5.74, 6) is 0.879. The number of aryl methyl sites for hydroxylation is 2. The molecule has 1 aromatic carbocycles. The molecule has 5 heteroatoms. The highest BCUT2D eigenvalue weighted by atomic mass is 35.5. The summed E-state index contributed by atoms with van der Waals surface area (Å²) in [5, 5.41) is 20.0. The Labute approximate surface area is 135 Å². The Balaban J connectivity index is 1.77. The first kappa shape index (κ1) is 15.3. The standard InChI is InChI=1S/C17H20ClN3O/c1-12-11-16(20-19-13(12)2)21-9-7-17(22,8-10-21)14-5-3-4-6-15(14)18/h3-6,11,22H,7-10H2,1-2H3. The normalized spacial score (nSPS) is 17.5. The maximum Gasteiger partial charge on any atom is 0.151 e. The Kier molecular flexibility index (Phi) is 4.06. The quantitative estimate of drug-likeness (QED) is 0.924. The van der Waals surface area contributed by atoms with Crippen LogP contribution in [-0.4, -0.2) is 28.4 Å². The summed E-state index contributed by atoms with van der Waals surface area (Å²) in [5.41, 5.74) is 2.05. The monoisotopic (exact) mass is 317 g/mol. The molecule has 0 unspecified atom stereocenters. The van der Waals surface area contributed by atoms with E-state index in [-0.39, 0.29) is 0 Å². The molecule has 3 rings (SSSR count). The summed E-state index contributed by atoms with van der Waals surface area (Å²) < 4.78 is 0. The average Bonchev–Trinajstić information content (AvgIpc) is 2.51. The smallest absolute Gasteiger partial charge is 0.151 e. The number of nitrogens with zero attached hydrogens (tertiary/aromatic N) is 3. The predicted molar refractivity (Wildman–Crippen MR) is 88.3 cm³/mol. The average molecular weight is 318 g/mol. The predicted octanol–water partition coefficient (Wildman–Crippen LogP) is 3.23. The zero-order valence-electron chi connectivity index (χ0n) is 12.9. The lowest BCUT2D eigenvalue weighted by Gasteiger charge is -2.39. The van der Waals surface area contributed by atoms with Gasteiger partial charge in [0.25, 0.3) is 0 Å². The lowest BCUT2D eigenvalue weighted by atomic mass is 9.84. The minimum absolute atomic E-state index is 0.629. The first-order valence-electron chi connectivity index (χ1n) is 7.53. The summed E-state index contributed by atoms with van der Waals surface area (Å²) in [6.07, 6.45) is 1.26. The third-order valence-electron chi connectivity index (χ3n) is 4.51. The van der Waals surface area contributed by atoms with Crippen LogP contribution in [0.3, 0.4) is 0 Å². The highest BCUT2D eigenvalue weighted by Gasteiger charge is 2.35. The van der Waals surface area contributed by atoms with Crippen molar-refractivity contribution < 1.29 is 5.11 Å². The maximum atomic E-state index is 10.9. The molecule has 0 saturated carbocycles. The number of aliphatic hydroxyl groups is 1. The Bertz CT molecular complexity index is 681. The molecule has 116 valence electrons. The van der Waals surface area contributed by atoms with E-state index in [0.29, 0.717) is 17.9 Å². The second kappa shape index (κ2) is 5.86. The number of piperidine rings is 1. The van der Waals surface area contributed by atoms with Gasteiger partial charge in [-0.25, -0.2) is 0 Å². The molecule has 0 aliphatic carbocycles. The van der Waals surface area contributed by atoms with Crippen LogP contribution in [0.25, 0.3) is 0 Å². The van der Waals surface area contributed by atoms with Gasteiger partial charge in [-0.2, -0.15) is 5.10 Å². The van der Waals surface area contributed by atoms with Gasteiger partial charge < -0.3 is 10.0 Å². The van der Waals surface area contributed by atoms with Gasteiger partial charge in [-0.1, -0.05) is 29.8 Å². The van der Waals surface area contributed by atoms with Crippen LogP contribution in [0.1, 0.15) is 29.7 Å². The van der Waals surface area contributed by atoms with Gasteiger partial charge in [0.2, 0.25) is 0 Å². The van der Waals surface area contributed by atoms with Crippen LogP contribution in [0.5, 0.6) is 0 Å². The van der Waals surface area contributed by atoms with Crippen molar-refractivity contribution in [2.24, 2.45) is 0 Å². The molecule has 1 aliphatic rings. The number of aromatic nitrogens is 2. The molecular weight excluding hydrogens is 298 g/mol. The molecule has 0 bridgehead atoms. The minimum Gasteiger partial charge on any atom is -0.385 e. The van der Waals surface area contributed by atoms with E-state index < -0.39 is 5.60 Å². The molecule has 1 aliphatic heterocycles. The molecule has 22 heavy (non-hydrogen) atoms. The SMILES string of the molecule is Cc1cc(N2CCC(O)(c3ccccc3Cl)CC2)nnc1C. The molecule has 1 saturated heterocycles. The van der Waals surface area contributed by atoms with Crippen molar-refractivity contribution in [2.75, 3.05) is 18.0 Å². The van der Waals surface area contributed by atoms with Gasteiger partial charge in [-0.05, 0) is 44.4 Å². The lowest BCUT2D eigenvalue weighted by Crippen LogP contribution is -2.43. The van der Waals surface area contributed by atoms with E-state index in [9.17, 15) is 5.11 Å². The van der Waals surface area contributed by atoms with Crippen molar-refractivity contribution in [3.63, 3.8) is 0 Å². The largest absolute Gasteiger partial charge is 0.385 e. The molecule has 4 nitrogen and oxygen atoms in total. The van der Waals surface area contributed by atoms with Crippen molar-refractivity contribution in [3.05, 3.63) is 52.2 Å². The third-order valence-corrected chi connectivity index (χ3v) is 4.84.